The number of nitrogens with two attached hydrogens (primary N) is 1. The van der Waals surface area contributed by atoms with Crippen molar-refractivity contribution in [2.75, 3.05) is 13.1 Å². The lowest BCUT2D eigenvalue weighted by molar-refractivity contribution is -0.123. The summed E-state index contributed by atoms with van der Waals surface area (Å²) in [4.78, 5) is 37.3. The molecule has 0 radical (unpaired) electrons. The zero-order chi connectivity index (χ0) is 19.4. The Bertz CT molecular complexity index is 903. The van der Waals surface area contributed by atoms with Gasteiger partial charge in [0.25, 0.3) is 5.91 Å². The van der Waals surface area contributed by atoms with Gasteiger partial charge in [0.15, 0.2) is 5.76 Å². The molecule has 2 amide bonds. The summed E-state index contributed by atoms with van der Waals surface area (Å²) in [6.07, 6.45) is 2.01. The number of piperidine rings is 1. The lowest BCUT2D eigenvalue weighted by Crippen LogP contribution is -2.41. The lowest BCUT2D eigenvalue weighted by Gasteiger charge is -2.30. The zero-order valence-corrected chi connectivity index (χ0v) is 14.5. The van der Waals surface area contributed by atoms with Crippen LogP contribution in [0.3, 0.4) is 0 Å². The van der Waals surface area contributed by atoms with Gasteiger partial charge >= 0.3 is 0 Å². The predicted octanol–water partition coefficient (Wildman–Crippen LogP) is 1.70. The fourth-order valence-corrected chi connectivity index (χ4v) is 2.91. The number of nitrogens with zero attached hydrogens (tertiary/aromatic N) is 1. The van der Waals surface area contributed by atoms with Crippen LogP contribution >= 0.6 is 0 Å². The molecule has 1 saturated heterocycles. The zero-order valence-electron chi connectivity index (χ0n) is 14.5. The van der Waals surface area contributed by atoms with E-state index in [0.29, 0.717) is 31.5 Å². The van der Waals surface area contributed by atoms with Crippen LogP contribution < -0.4 is 15.9 Å². The highest BCUT2D eigenvalue weighted by Gasteiger charge is 2.27. The van der Waals surface area contributed by atoms with Crippen molar-refractivity contribution in [1.82, 2.24) is 4.90 Å². The minimum atomic E-state index is -0.534. The minimum Gasteiger partial charge on any atom is -0.482 e. The molecule has 2 N–H and O–H groups in total. The van der Waals surface area contributed by atoms with E-state index in [0.717, 1.165) is 12.3 Å². The molecule has 0 bridgehead atoms. The van der Waals surface area contributed by atoms with Gasteiger partial charge < -0.3 is 19.8 Å². The van der Waals surface area contributed by atoms with Crippen molar-refractivity contribution in [2.24, 2.45) is 11.7 Å². The van der Waals surface area contributed by atoms with E-state index < -0.39 is 17.2 Å². The van der Waals surface area contributed by atoms with Crippen LogP contribution in [-0.2, 0) is 11.4 Å². The molecule has 3 rings (SSSR count). The molecule has 1 aromatic heterocycles. The number of carbonyl (C=O) groups is 2. The number of ether oxygens (including phenoxy) is 1. The summed E-state index contributed by atoms with van der Waals surface area (Å²) < 4.78 is 24.1. The van der Waals surface area contributed by atoms with Crippen LogP contribution in [0.5, 0.6) is 5.75 Å². The molecule has 1 aliphatic heterocycles. The number of likely N-dealkylation sites (tertiary alicyclic amines) is 1. The van der Waals surface area contributed by atoms with Gasteiger partial charge in [-0.1, -0.05) is 18.2 Å². The van der Waals surface area contributed by atoms with Gasteiger partial charge in [-0.15, -0.1) is 0 Å². The highest BCUT2D eigenvalue weighted by Crippen LogP contribution is 2.19. The van der Waals surface area contributed by atoms with E-state index in [2.05, 4.69) is 0 Å². The molecular weight excluding hydrogens is 355 g/mol. The number of amides is 2. The van der Waals surface area contributed by atoms with Gasteiger partial charge in [0.1, 0.15) is 18.7 Å². The van der Waals surface area contributed by atoms with Gasteiger partial charge in [-0.2, -0.15) is 0 Å². The third kappa shape index (κ3) is 4.33. The highest BCUT2D eigenvalue weighted by molar-refractivity contribution is 5.91. The highest BCUT2D eigenvalue weighted by atomic mass is 19.1. The maximum Gasteiger partial charge on any atom is 0.289 e. The number of rotatable bonds is 5. The molecule has 1 fully saturated rings. The number of hydrogen-bond donors (Lipinski definition) is 1. The molecule has 0 aliphatic carbocycles. The third-order valence-electron chi connectivity index (χ3n) is 4.53. The summed E-state index contributed by atoms with van der Waals surface area (Å²) in [6.45, 7) is 0.592. The van der Waals surface area contributed by atoms with Crippen molar-refractivity contribution in [3.8, 4) is 5.75 Å². The normalized spacial score (nSPS) is 14.8. The van der Waals surface area contributed by atoms with Gasteiger partial charge in [0.2, 0.25) is 17.1 Å². The second kappa shape index (κ2) is 8.03. The molecule has 2 aromatic rings. The number of primary amides is 1. The topological polar surface area (TPSA) is 103 Å². The van der Waals surface area contributed by atoms with Crippen LogP contribution in [0.4, 0.5) is 4.39 Å². The molecule has 0 saturated carbocycles. The largest absolute Gasteiger partial charge is 0.482 e. The van der Waals surface area contributed by atoms with Crippen molar-refractivity contribution < 1.29 is 23.1 Å². The smallest absolute Gasteiger partial charge is 0.289 e. The first-order valence-electron chi connectivity index (χ1n) is 8.53. The van der Waals surface area contributed by atoms with E-state index in [1.165, 1.54) is 11.0 Å². The van der Waals surface area contributed by atoms with Crippen molar-refractivity contribution >= 4 is 11.8 Å². The maximum atomic E-state index is 13.6. The SMILES string of the molecule is NC(=O)C1CCN(C(=O)c2cc(=O)c(OCc3ccccc3F)co2)CC1. The lowest BCUT2D eigenvalue weighted by atomic mass is 9.96. The number of hydrogen-bond acceptors (Lipinski definition) is 5. The van der Waals surface area contributed by atoms with Crippen molar-refractivity contribution in [3.63, 3.8) is 0 Å². The van der Waals surface area contributed by atoms with Crippen molar-refractivity contribution in [1.29, 1.82) is 0 Å². The maximum absolute atomic E-state index is 13.6. The van der Waals surface area contributed by atoms with E-state index in [1.54, 1.807) is 18.2 Å². The first-order valence-corrected chi connectivity index (χ1v) is 8.53. The number of carbonyl (C=O) groups excluding carboxylic acids is 2. The number of halogens is 1. The molecule has 0 atom stereocenters. The Labute approximate surface area is 154 Å². The summed E-state index contributed by atoms with van der Waals surface area (Å²) in [6, 6.07) is 7.11. The molecule has 7 nitrogen and oxygen atoms in total. The summed E-state index contributed by atoms with van der Waals surface area (Å²) >= 11 is 0. The first-order chi connectivity index (χ1) is 13.0. The van der Waals surface area contributed by atoms with E-state index in [-0.39, 0.29) is 29.9 Å². The third-order valence-corrected chi connectivity index (χ3v) is 4.53. The van der Waals surface area contributed by atoms with E-state index in [4.69, 9.17) is 14.9 Å². The predicted molar refractivity (Wildman–Crippen MR) is 93.5 cm³/mol. The van der Waals surface area contributed by atoms with E-state index in [9.17, 15) is 18.8 Å². The van der Waals surface area contributed by atoms with Crippen molar-refractivity contribution in [2.45, 2.75) is 19.4 Å². The quantitative estimate of drug-likeness (QED) is 0.858. The molecule has 1 aromatic carbocycles. The fourth-order valence-electron chi connectivity index (χ4n) is 2.91. The van der Waals surface area contributed by atoms with Gasteiger partial charge in [-0.25, -0.2) is 4.39 Å². The average Bonchev–Trinajstić information content (AvgIpc) is 2.67. The van der Waals surface area contributed by atoms with Crippen molar-refractivity contribution in [3.05, 3.63) is 64.0 Å². The summed E-state index contributed by atoms with van der Waals surface area (Å²) in [5.74, 6) is -1.71. The van der Waals surface area contributed by atoms with Crippen LogP contribution in [0.2, 0.25) is 0 Å². The Balaban J connectivity index is 1.64. The number of benzene rings is 1. The van der Waals surface area contributed by atoms with Gasteiger partial charge in [0, 0.05) is 30.6 Å². The Kier molecular flexibility index (Phi) is 5.54. The molecule has 2 heterocycles. The standard InChI is InChI=1S/C19H19FN2O5/c20-14-4-2-1-3-13(14)10-26-17-11-27-16(9-15(17)23)19(25)22-7-5-12(6-8-22)18(21)24/h1-4,9,11-12H,5-8,10H2,(H2,21,24). The fraction of sp³-hybridized carbons (Fsp3) is 0.316. The monoisotopic (exact) mass is 374 g/mol. The second-order valence-corrected chi connectivity index (χ2v) is 6.32. The van der Waals surface area contributed by atoms with E-state index in [1.807, 2.05) is 0 Å². The Morgan fingerprint density at radius 2 is 1.96 bits per heavy atom. The first kappa shape index (κ1) is 18.6. The van der Waals surface area contributed by atoms with E-state index >= 15 is 0 Å². The molecule has 0 unspecified atom stereocenters. The van der Waals surface area contributed by atoms with Gasteiger partial charge in [-0.3, -0.25) is 14.4 Å². The molecule has 142 valence electrons. The van der Waals surface area contributed by atoms with Crippen LogP contribution in [0.1, 0.15) is 29.0 Å². The summed E-state index contributed by atoms with van der Waals surface area (Å²) in [7, 11) is 0. The average molecular weight is 374 g/mol. The summed E-state index contributed by atoms with van der Waals surface area (Å²) in [5.41, 5.74) is 5.04. The molecule has 27 heavy (non-hydrogen) atoms. The Morgan fingerprint density at radius 1 is 1.26 bits per heavy atom. The van der Waals surface area contributed by atoms with Crippen LogP contribution in [0.15, 0.2) is 45.8 Å². The van der Waals surface area contributed by atoms with Crippen LogP contribution in [0.25, 0.3) is 0 Å². The molecule has 1 aliphatic rings. The van der Waals surface area contributed by atoms with Gasteiger partial charge in [0.05, 0.1) is 0 Å². The Morgan fingerprint density at radius 3 is 2.59 bits per heavy atom. The minimum absolute atomic E-state index is 0.109. The van der Waals surface area contributed by atoms with Gasteiger partial charge in [-0.05, 0) is 18.9 Å². The van der Waals surface area contributed by atoms with Crippen LogP contribution in [-0.4, -0.2) is 29.8 Å². The molecule has 8 heteroatoms. The summed E-state index contributed by atoms with van der Waals surface area (Å²) in [5, 5.41) is 0. The second-order valence-electron chi connectivity index (χ2n) is 6.32. The Hall–Kier alpha value is -3.16. The van der Waals surface area contributed by atoms with Crippen LogP contribution in [0, 0.1) is 11.7 Å². The molecule has 0 spiro atoms. The molecular formula is C19H19FN2O5.